The van der Waals surface area contributed by atoms with Gasteiger partial charge in [-0.2, -0.15) is 0 Å². The molecule has 0 atom stereocenters. The van der Waals surface area contributed by atoms with Crippen molar-refractivity contribution in [2.75, 3.05) is 26.2 Å². The van der Waals surface area contributed by atoms with Gasteiger partial charge in [-0.15, -0.1) is 0 Å². The highest BCUT2D eigenvalue weighted by atomic mass is 16.3. The van der Waals surface area contributed by atoms with Crippen LogP contribution in [0.15, 0.2) is 0 Å². The summed E-state index contributed by atoms with van der Waals surface area (Å²) in [5.74, 6) is 0. The second-order valence-corrected chi connectivity index (χ2v) is 7.44. The second-order valence-electron chi connectivity index (χ2n) is 7.44. The molecule has 2 fully saturated rings. The van der Waals surface area contributed by atoms with Crippen molar-refractivity contribution in [2.24, 2.45) is 0 Å². The number of piperidine rings is 1. The Morgan fingerprint density at radius 1 is 1.17 bits per heavy atom. The lowest BCUT2D eigenvalue weighted by atomic mass is 9.94. The maximum Gasteiger partial charge on any atom is 0.315 e. The van der Waals surface area contributed by atoms with Crippen LogP contribution in [0, 0.1) is 0 Å². The molecule has 1 saturated heterocycles. The summed E-state index contributed by atoms with van der Waals surface area (Å²) in [6.45, 7) is 5.95. The highest BCUT2D eigenvalue weighted by molar-refractivity contribution is 5.74. The Morgan fingerprint density at radius 3 is 2.43 bits per heavy atom. The van der Waals surface area contributed by atoms with Gasteiger partial charge in [0.25, 0.3) is 0 Å². The minimum absolute atomic E-state index is 0.116. The minimum Gasteiger partial charge on any atom is -0.388 e. The fraction of sp³-hybridized carbons (Fsp3) is 0.944. The Labute approximate surface area is 141 Å². The number of rotatable bonds is 6. The van der Waals surface area contributed by atoms with E-state index in [0.29, 0.717) is 6.54 Å². The van der Waals surface area contributed by atoms with Crippen molar-refractivity contribution in [1.82, 2.24) is 15.5 Å². The number of carbonyl (C=O) groups excluding carboxylic acids is 1. The largest absolute Gasteiger partial charge is 0.388 e. The number of unbranched alkanes of at least 4 members (excludes halogenated alkanes) is 1. The van der Waals surface area contributed by atoms with E-state index < -0.39 is 5.60 Å². The smallest absolute Gasteiger partial charge is 0.315 e. The summed E-state index contributed by atoms with van der Waals surface area (Å²) in [5.41, 5.74) is -0.697. The lowest BCUT2D eigenvalue weighted by Crippen LogP contribution is -2.51. The minimum atomic E-state index is -0.697. The molecule has 2 rings (SSSR count). The first kappa shape index (κ1) is 18.5. The summed E-state index contributed by atoms with van der Waals surface area (Å²) >= 11 is 0. The highest BCUT2D eigenvalue weighted by Gasteiger charge is 2.28. The molecular formula is C18H35N3O2. The third kappa shape index (κ3) is 6.68. The molecule has 0 aromatic carbocycles. The number of amides is 2. The van der Waals surface area contributed by atoms with Crippen LogP contribution in [0.25, 0.3) is 0 Å². The number of likely N-dealkylation sites (tertiary alicyclic amines) is 1. The average Bonchev–Trinajstić information content (AvgIpc) is 2.78. The number of hydrogen-bond donors (Lipinski definition) is 3. The Hall–Kier alpha value is -0.810. The lowest BCUT2D eigenvalue weighted by Gasteiger charge is -2.33. The number of urea groups is 1. The zero-order chi connectivity index (χ0) is 16.5. The summed E-state index contributed by atoms with van der Waals surface area (Å²) in [7, 11) is 0. The van der Waals surface area contributed by atoms with Crippen LogP contribution in [0.3, 0.4) is 0 Å². The maximum absolute atomic E-state index is 12.1. The zero-order valence-electron chi connectivity index (χ0n) is 14.8. The van der Waals surface area contributed by atoms with Crippen LogP contribution in [-0.2, 0) is 0 Å². The van der Waals surface area contributed by atoms with E-state index >= 15 is 0 Å². The first-order valence-corrected chi connectivity index (χ1v) is 9.60. The third-order valence-electron chi connectivity index (χ3n) is 5.36. The standard InChI is InChI=1S/C18H35N3O2/c1-2-3-12-21-13-8-16(9-14-21)20-17(22)19-15-18(23)10-6-4-5-7-11-18/h16,23H,2-15H2,1H3,(H2,19,20,22). The van der Waals surface area contributed by atoms with Crippen LogP contribution in [0.2, 0.25) is 0 Å². The van der Waals surface area contributed by atoms with Crippen molar-refractivity contribution >= 4 is 6.03 Å². The van der Waals surface area contributed by atoms with Crippen molar-refractivity contribution < 1.29 is 9.90 Å². The lowest BCUT2D eigenvalue weighted by molar-refractivity contribution is 0.0275. The summed E-state index contributed by atoms with van der Waals surface area (Å²) < 4.78 is 0. The molecule has 1 saturated carbocycles. The highest BCUT2D eigenvalue weighted by Crippen LogP contribution is 2.26. The maximum atomic E-state index is 12.1. The summed E-state index contributed by atoms with van der Waals surface area (Å²) in [5, 5.41) is 16.6. The Balaban J connectivity index is 1.63. The number of carbonyl (C=O) groups is 1. The van der Waals surface area contributed by atoms with Gasteiger partial charge in [-0.05, 0) is 38.6 Å². The molecule has 0 spiro atoms. The SMILES string of the molecule is CCCCN1CCC(NC(=O)NCC2(O)CCCCCC2)CC1. The van der Waals surface area contributed by atoms with Gasteiger partial charge in [0.15, 0.2) is 0 Å². The molecule has 5 heteroatoms. The number of aliphatic hydroxyl groups is 1. The van der Waals surface area contributed by atoms with E-state index in [1.165, 1.54) is 32.2 Å². The molecule has 23 heavy (non-hydrogen) atoms. The number of hydrogen-bond acceptors (Lipinski definition) is 3. The quantitative estimate of drug-likeness (QED) is 0.658. The first-order chi connectivity index (χ1) is 11.1. The van der Waals surface area contributed by atoms with Gasteiger partial charge in [0.05, 0.1) is 5.60 Å². The van der Waals surface area contributed by atoms with Gasteiger partial charge in [0.2, 0.25) is 0 Å². The molecule has 0 unspecified atom stereocenters. The van der Waals surface area contributed by atoms with E-state index in [9.17, 15) is 9.90 Å². The summed E-state index contributed by atoms with van der Waals surface area (Å²) in [4.78, 5) is 14.6. The van der Waals surface area contributed by atoms with Gasteiger partial charge in [-0.1, -0.05) is 39.0 Å². The third-order valence-corrected chi connectivity index (χ3v) is 5.36. The summed E-state index contributed by atoms with van der Waals surface area (Å²) in [6, 6.07) is 0.159. The predicted molar refractivity (Wildman–Crippen MR) is 93.6 cm³/mol. The van der Waals surface area contributed by atoms with Gasteiger partial charge in [-0.3, -0.25) is 0 Å². The molecule has 0 aromatic rings. The Morgan fingerprint density at radius 2 is 1.83 bits per heavy atom. The van der Waals surface area contributed by atoms with Crippen molar-refractivity contribution in [1.29, 1.82) is 0 Å². The summed E-state index contributed by atoms with van der Waals surface area (Å²) in [6.07, 6.45) is 10.7. The predicted octanol–water partition coefficient (Wildman–Crippen LogP) is 2.64. The Bertz CT molecular complexity index is 346. The molecule has 1 aliphatic heterocycles. The van der Waals surface area contributed by atoms with Gasteiger partial charge in [0.1, 0.15) is 0 Å². The first-order valence-electron chi connectivity index (χ1n) is 9.60. The van der Waals surface area contributed by atoms with Gasteiger partial charge in [-0.25, -0.2) is 4.79 Å². The van der Waals surface area contributed by atoms with Gasteiger partial charge < -0.3 is 20.6 Å². The molecule has 0 radical (unpaired) electrons. The van der Waals surface area contributed by atoms with Crippen LogP contribution in [-0.4, -0.2) is 53.9 Å². The van der Waals surface area contributed by atoms with E-state index in [0.717, 1.165) is 51.6 Å². The fourth-order valence-corrected chi connectivity index (χ4v) is 3.73. The molecule has 134 valence electrons. The normalized spacial score (nSPS) is 23.2. The molecule has 1 heterocycles. The number of nitrogens with one attached hydrogen (secondary N) is 2. The molecule has 3 N–H and O–H groups in total. The van der Waals surface area contributed by atoms with E-state index in [-0.39, 0.29) is 12.1 Å². The molecule has 5 nitrogen and oxygen atoms in total. The number of nitrogens with zero attached hydrogens (tertiary/aromatic N) is 1. The molecule has 0 bridgehead atoms. The van der Waals surface area contributed by atoms with Crippen molar-refractivity contribution in [3.63, 3.8) is 0 Å². The van der Waals surface area contributed by atoms with Crippen LogP contribution in [0.1, 0.15) is 71.1 Å². The van der Waals surface area contributed by atoms with Crippen LogP contribution < -0.4 is 10.6 Å². The van der Waals surface area contributed by atoms with Crippen molar-refractivity contribution in [2.45, 2.75) is 82.8 Å². The van der Waals surface area contributed by atoms with Crippen LogP contribution in [0.5, 0.6) is 0 Å². The average molecular weight is 325 g/mol. The van der Waals surface area contributed by atoms with Gasteiger partial charge in [0, 0.05) is 25.7 Å². The molecule has 2 aliphatic rings. The van der Waals surface area contributed by atoms with Gasteiger partial charge >= 0.3 is 6.03 Å². The molecule has 0 aromatic heterocycles. The van der Waals surface area contributed by atoms with E-state index in [2.05, 4.69) is 22.5 Å². The zero-order valence-corrected chi connectivity index (χ0v) is 14.8. The molecule has 2 amide bonds. The van der Waals surface area contributed by atoms with Crippen LogP contribution in [0.4, 0.5) is 4.79 Å². The fourth-order valence-electron chi connectivity index (χ4n) is 3.73. The van der Waals surface area contributed by atoms with E-state index in [4.69, 9.17) is 0 Å². The van der Waals surface area contributed by atoms with Crippen LogP contribution >= 0.6 is 0 Å². The topological polar surface area (TPSA) is 64.6 Å². The van der Waals surface area contributed by atoms with Crippen molar-refractivity contribution in [3.05, 3.63) is 0 Å². The monoisotopic (exact) mass is 325 g/mol. The molecular weight excluding hydrogens is 290 g/mol. The van der Waals surface area contributed by atoms with Crippen molar-refractivity contribution in [3.8, 4) is 0 Å². The Kier molecular flexibility index (Phi) is 7.63. The molecule has 1 aliphatic carbocycles. The second kappa shape index (κ2) is 9.48. The van der Waals surface area contributed by atoms with E-state index in [1.54, 1.807) is 0 Å². The van der Waals surface area contributed by atoms with E-state index in [1.807, 2.05) is 0 Å².